The fraction of sp³-hybridized carbons (Fsp3) is 0.500. The predicted octanol–water partition coefficient (Wildman–Crippen LogP) is 4.02. The number of hydrogen-bond donors (Lipinski definition) is 2. The molecule has 0 aliphatic carbocycles. The Hall–Kier alpha value is -2.57. The van der Waals surface area contributed by atoms with Crippen LogP contribution in [-0.4, -0.2) is 33.3 Å². The normalized spacial score (nSPS) is 11.7. The van der Waals surface area contributed by atoms with Gasteiger partial charge >= 0.3 is 5.97 Å². The van der Waals surface area contributed by atoms with E-state index in [2.05, 4.69) is 42.2 Å². The van der Waals surface area contributed by atoms with E-state index in [1.54, 1.807) is 0 Å². The Balaban J connectivity index is 0.000000264. The van der Waals surface area contributed by atoms with Crippen LogP contribution in [0.1, 0.15) is 63.5 Å². The molecule has 2 heterocycles. The topological polar surface area (TPSA) is 97.3 Å². The maximum Gasteiger partial charge on any atom is 0.358 e. The number of rotatable bonds is 4. The van der Waals surface area contributed by atoms with Crippen LogP contribution in [0.5, 0.6) is 11.5 Å². The molecule has 0 amide bonds. The molecule has 2 aromatic rings. The smallest absolute Gasteiger partial charge is 0.358 e. The summed E-state index contributed by atoms with van der Waals surface area (Å²) in [6.07, 6.45) is 3.48. The van der Waals surface area contributed by atoms with Crippen LogP contribution in [-0.2, 0) is 5.41 Å². The van der Waals surface area contributed by atoms with Crippen molar-refractivity contribution in [3.05, 3.63) is 35.7 Å². The third-order valence-corrected chi connectivity index (χ3v) is 3.63. The highest BCUT2D eigenvalue weighted by Gasteiger charge is 2.27. The SMILES string of the molecule is CC.CCCC(C)(C)c1cccc2c1OCO2.O=C(O)c1cn[nH]n1. The molecule has 0 atom stereocenters. The number of nitrogens with one attached hydrogen (secondary N) is 1. The molecule has 138 valence electrons. The number of fused-ring (bicyclic) bond motifs is 1. The van der Waals surface area contributed by atoms with Crippen LogP contribution in [0.3, 0.4) is 0 Å². The number of aromatic carboxylic acids is 1. The molecule has 3 rings (SSSR count). The minimum atomic E-state index is -1.07. The number of para-hydroxylation sites is 1. The van der Waals surface area contributed by atoms with Crippen molar-refractivity contribution in [2.24, 2.45) is 0 Å². The lowest BCUT2D eigenvalue weighted by Crippen LogP contribution is -2.17. The van der Waals surface area contributed by atoms with E-state index in [0.717, 1.165) is 24.1 Å². The van der Waals surface area contributed by atoms with Gasteiger partial charge in [0.2, 0.25) is 6.79 Å². The first kappa shape index (κ1) is 20.5. The van der Waals surface area contributed by atoms with Gasteiger partial charge in [-0.3, -0.25) is 0 Å². The lowest BCUT2D eigenvalue weighted by atomic mass is 9.80. The summed E-state index contributed by atoms with van der Waals surface area (Å²) >= 11 is 0. The number of carbonyl (C=O) groups is 1. The molecular weight excluding hydrogens is 322 g/mol. The maximum absolute atomic E-state index is 9.94. The molecule has 2 N–H and O–H groups in total. The number of aromatic amines is 1. The van der Waals surface area contributed by atoms with Crippen molar-refractivity contribution in [2.75, 3.05) is 6.79 Å². The van der Waals surface area contributed by atoms with Crippen molar-refractivity contribution < 1.29 is 19.4 Å². The van der Waals surface area contributed by atoms with E-state index in [0.29, 0.717) is 6.79 Å². The largest absolute Gasteiger partial charge is 0.476 e. The summed E-state index contributed by atoms with van der Waals surface area (Å²) in [6, 6.07) is 6.15. The standard InChI is InChI=1S/C13H18O2.C3H3N3O2.C2H6/c1-4-8-13(2,3)10-6-5-7-11-12(10)15-9-14-11;7-3(8)2-1-4-6-5-2;1-2/h5-7H,4,8-9H2,1-3H3;1H,(H,7,8)(H,4,5,6);1-2H3. The Bertz CT molecular complexity index is 654. The first-order chi connectivity index (χ1) is 12.0. The van der Waals surface area contributed by atoms with Crippen molar-refractivity contribution in [2.45, 2.75) is 52.9 Å². The molecule has 0 saturated heterocycles. The average Bonchev–Trinajstić information content (AvgIpc) is 3.28. The first-order valence-electron chi connectivity index (χ1n) is 8.44. The van der Waals surface area contributed by atoms with E-state index in [1.807, 2.05) is 26.0 Å². The summed E-state index contributed by atoms with van der Waals surface area (Å²) in [4.78, 5) is 9.94. The van der Waals surface area contributed by atoms with Crippen molar-refractivity contribution in [3.63, 3.8) is 0 Å². The van der Waals surface area contributed by atoms with E-state index in [1.165, 1.54) is 12.0 Å². The number of aromatic nitrogens is 3. The van der Waals surface area contributed by atoms with Crippen molar-refractivity contribution in [1.82, 2.24) is 15.4 Å². The molecule has 7 heteroatoms. The van der Waals surface area contributed by atoms with Gasteiger partial charge in [-0.25, -0.2) is 4.79 Å². The second kappa shape index (κ2) is 9.66. The highest BCUT2D eigenvalue weighted by atomic mass is 16.7. The van der Waals surface area contributed by atoms with Crippen LogP contribution in [0.4, 0.5) is 0 Å². The molecule has 1 aliphatic rings. The number of carboxylic acid groups (broad SMARTS) is 1. The Morgan fingerprint density at radius 2 is 2.04 bits per heavy atom. The number of hydrogen-bond acceptors (Lipinski definition) is 5. The van der Waals surface area contributed by atoms with Gasteiger partial charge in [0.25, 0.3) is 0 Å². The van der Waals surface area contributed by atoms with E-state index in [9.17, 15) is 4.79 Å². The average molecular weight is 349 g/mol. The molecule has 0 spiro atoms. The van der Waals surface area contributed by atoms with E-state index < -0.39 is 5.97 Å². The van der Waals surface area contributed by atoms with Gasteiger partial charge in [0, 0.05) is 5.56 Å². The summed E-state index contributed by atoms with van der Waals surface area (Å²) in [6.45, 7) is 11.1. The van der Waals surface area contributed by atoms with Gasteiger partial charge < -0.3 is 14.6 Å². The van der Waals surface area contributed by atoms with Crippen LogP contribution in [0.15, 0.2) is 24.4 Å². The zero-order valence-corrected chi connectivity index (χ0v) is 15.5. The van der Waals surface area contributed by atoms with Crippen LogP contribution >= 0.6 is 0 Å². The molecule has 0 radical (unpaired) electrons. The van der Waals surface area contributed by atoms with Gasteiger partial charge in [-0.2, -0.15) is 10.3 Å². The van der Waals surface area contributed by atoms with Gasteiger partial charge in [0.1, 0.15) is 0 Å². The van der Waals surface area contributed by atoms with Crippen LogP contribution in [0.25, 0.3) is 0 Å². The van der Waals surface area contributed by atoms with Crippen molar-refractivity contribution in [3.8, 4) is 11.5 Å². The molecule has 0 unspecified atom stereocenters. The minimum absolute atomic E-state index is 0.0648. The molecule has 7 nitrogen and oxygen atoms in total. The number of benzene rings is 1. The third kappa shape index (κ3) is 5.48. The fourth-order valence-corrected chi connectivity index (χ4v) is 2.53. The highest BCUT2D eigenvalue weighted by Crippen LogP contribution is 2.42. The lowest BCUT2D eigenvalue weighted by Gasteiger charge is -2.25. The van der Waals surface area contributed by atoms with E-state index >= 15 is 0 Å². The summed E-state index contributed by atoms with van der Waals surface area (Å²) in [5.74, 6) is 0.756. The molecule has 25 heavy (non-hydrogen) atoms. The molecular formula is C18H27N3O4. The Labute approximate surface area is 148 Å². The quantitative estimate of drug-likeness (QED) is 0.865. The van der Waals surface area contributed by atoms with Crippen LogP contribution in [0, 0.1) is 0 Å². The van der Waals surface area contributed by atoms with Crippen LogP contribution < -0.4 is 9.47 Å². The van der Waals surface area contributed by atoms with E-state index in [4.69, 9.17) is 14.6 Å². The highest BCUT2D eigenvalue weighted by molar-refractivity contribution is 5.84. The zero-order valence-electron chi connectivity index (χ0n) is 15.5. The number of carboxylic acids is 1. The van der Waals surface area contributed by atoms with Gasteiger partial charge in [-0.1, -0.05) is 53.2 Å². The summed E-state index contributed by atoms with van der Waals surface area (Å²) < 4.78 is 10.9. The number of H-pyrrole nitrogens is 1. The number of nitrogens with zero attached hydrogens (tertiary/aromatic N) is 2. The monoisotopic (exact) mass is 349 g/mol. The summed E-state index contributed by atoms with van der Waals surface area (Å²) in [5, 5.41) is 16.9. The second-order valence-corrected chi connectivity index (χ2v) is 5.83. The Morgan fingerprint density at radius 3 is 2.56 bits per heavy atom. The Morgan fingerprint density at radius 1 is 1.32 bits per heavy atom. The summed E-state index contributed by atoms with van der Waals surface area (Å²) in [5.41, 5.74) is 1.36. The van der Waals surface area contributed by atoms with Gasteiger partial charge in [0.05, 0.1) is 6.20 Å². The van der Waals surface area contributed by atoms with Crippen molar-refractivity contribution >= 4 is 5.97 Å². The predicted molar refractivity (Wildman–Crippen MR) is 95.2 cm³/mol. The maximum atomic E-state index is 9.94. The third-order valence-electron chi connectivity index (χ3n) is 3.63. The number of ether oxygens (including phenoxy) is 2. The molecule has 0 bridgehead atoms. The van der Waals surface area contributed by atoms with Crippen molar-refractivity contribution in [1.29, 1.82) is 0 Å². The Kier molecular flexibility index (Phi) is 7.91. The van der Waals surface area contributed by atoms with Gasteiger partial charge in [0.15, 0.2) is 17.2 Å². The van der Waals surface area contributed by atoms with Gasteiger partial charge in [-0.05, 0) is 17.9 Å². The fourth-order valence-electron chi connectivity index (χ4n) is 2.53. The zero-order chi connectivity index (χ0) is 18.9. The van der Waals surface area contributed by atoms with E-state index in [-0.39, 0.29) is 11.1 Å². The van der Waals surface area contributed by atoms with Gasteiger partial charge in [-0.15, -0.1) is 5.10 Å². The lowest BCUT2D eigenvalue weighted by molar-refractivity contribution is 0.0690. The molecule has 1 aliphatic heterocycles. The second-order valence-electron chi connectivity index (χ2n) is 5.83. The van der Waals surface area contributed by atoms with Crippen LogP contribution in [0.2, 0.25) is 0 Å². The molecule has 0 fully saturated rings. The summed E-state index contributed by atoms with van der Waals surface area (Å²) in [7, 11) is 0. The molecule has 1 aromatic carbocycles. The first-order valence-corrected chi connectivity index (χ1v) is 8.44. The molecule has 1 aromatic heterocycles. The minimum Gasteiger partial charge on any atom is -0.476 e. The molecule has 0 saturated carbocycles.